The molecule has 0 unspecified atom stereocenters. The maximum absolute atomic E-state index is 13.2. The Kier molecular flexibility index (Phi) is 5.13. The van der Waals surface area contributed by atoms with Crippen LogP contribution in [0.25, 0.3) is 32.9 Å². The fourth-order valence-corrected chi connectivity index (χ4v) is 3.84. The minimum Gasteiger partial charge on any atom is -0.365 e. The van der Waals surface area contributed by atoms with Crippen LogP contribution >= 0.6 is 0 Å². The highest BCUT2D eigenvalue weighted by Crippen LogP contribution is 2.35. The first-order valence-corrected chi connectivity index (χ1v) is 10.3. The Bertz CT molecular complexity index is 1560. The molecule has 3 aromatic carbocycles. The molecule has 0 saturated heterocycles. The number of anilines is 2. The Hall–Kier alpha value is -4.46. The standard InChI is InChI=1S/C26H17F3N4O/c27-26(28,29)18-5-3-6-19(12-18)33-24-20-11-15(8-9-23(20)32-14-21(24)25(30)34)17-10-16-4-1-2-7-22(16)31-13-17/h1-14H,(H2,30,34)(H,32,33). The molecule has 0 radical (unpaired) electrons. The first kappa shape index (κ1) is 21.4. The molecule has 0 saturated carbocycles. The highest BCUT2D eigenvalue weighted by atomic mass is 19.4. The van der Waals surface area contributed by atoms with E-state index in [9.17, 15) is 18.0 Å². The van der Waals surface area contributed by atoms with E-state index in [4.69, 9.17) is 5.73 Å². The second kappa shape index (κ2) is 8.15. The van der Waals surface area contributed by atoms with Crippen LogP contribution in [0.5, 0.6) is 0 Å². The monoisotopic (exact) mass is 458 g/mol. The fraction of sp³-hybridized carbons (Fsp3) is 0.0385. The number of alkyl halides is 3. The molecule has 0 aliphatic carbocycles. The number of primary amides is 1. The van der Waals surface area contributed by atoms with Crippen molar-refractivity contribution in [1.82, 2.24) is 9.97 Å². The first-order valence-electron chi connectivity index (χ1n) is 10.3. The van der Waals surface area contributed by atoms with Crippen LogP contribution < -0.4 is 11.1 Å². The van der Waals surface area contributed by atoms with Gasteiger partial charge in [0.2, 0.25) is 0 Å². The van der Waals surface area contributed by atoms with Gasteiger partial charge >= 0.3 is 6.18 Å². The zero-order valence-corrected chi connectivity index (χ0v) is 17.6. The van der Waals surface area contributed by atoms with Gasteiger partial charge in [0, 0.05) is 34.4 Å². The number of aromatic nitrogens is 2. The summed E-state index contributed by atoms with van der Waals surface area (Å²) in [5.41, 5.74) is 8.34. The highest BCUT2D eigenvalue weighted by molar-refractivity contribution is 6.08. The number of rotatable bonds is 4. The van der Waals surface area contributed by atoms with Crippen LogP contribution in [0, 0.1) is 0 Å². The topological polar surface area (TPSA) is 80.9 Å². The maximum atomic E-state index is 13.2. The summed E-state index contributed by atoms with van der Waals surface area (Å²) in [5.74, 6) is -0.748. The zero-order valence-electron chi connectivity index (χ0n) is 17.6. The summed E-state index contributed by atoms with van der Waals surface area (Å²) in [7, 11) is 0. The van der Waals surface area contributed by atoms with Gasteiger partial charge in [0.05, 0.1) is 27.8 Å². The Labute approximate surface area is 192 Å². The van der Waals surface area contributed by atoms with E-state index in [1.54, 1.807) is 12.3 Å². The van der Waals surface area contributed by atoms with Crippen molar-refractivity contribution in [3.63, 3.8) is 0 Å². The summed E-state index contributed by atoms with van der Waals surface area (Å²) < 4.78 is 39.6. The molecule has 0 aliphatic rings. The van der Waals surface area contributed by atoms with E-state index in [0.717, 1.165) is 34.2 Å². The third-order valence-corrected chi connectivity index (χ3v) is 5.52. The Balaban J connectivity index is 1.66. The molecule has 1 amide bonds. The van der Waals surface area contributed by atoms with Crippen LogP contribution in [-0.4, -0.2) is 15.9 Å². The van der Waals surface area contributed by atoms with E-state index in [-0.39, 0.29) is 16.9 Å². The third-order valence-electron chi connectivity index (χ3n) is 5.52. The Morgan fingerprint density at radius 1 is 0.824 bits per heavy atom. The average Bonchev–Trinajstić information content (AvgIpc) is 2.83. The van der Waals surface area contributed by atoms with Gasteiger partial charge in [-0.15, -0.1) is 0 Å². The number of hydrogen-bond donors (Lipinski definition) is 2. The number of carbonyl (C=O) groups excluding carboxylic acids is 1. The lowest BCUT2D eigenvalue weighted by Crippen LogP contribution is -2.14. The number of fused-ring (bicyclic) bond motifs is 2. The summed E-state index contributed by atoms with van der Waals surface area (Å²) in [6.45, 7) is 0. The second-order valence-electron chi connectivity index (χ2n) is 7.76. The lowest BCUT2D eigenvalue weighted by atomic mass is 10.0. The van der Waals surface area contributed by atoms with Crippen molar-refractivity contribution in [1.29, 1.82) is 0 Å². The molecule has 5 rings (SSSR count). The quantitative estimate of drug-likeness (QED) is 0.331. The van der Waals surface area contributed by atoms with Gasteiger partial charge in [-0.3, -0.25) is 14.8 Å². The largest absolute Gasteiger partial charge is 0.416 e. The lowest BCUT2D eigenvalue weighted by molar-refractivity contribution is -0.137. The highest BCUT2D eigenvalue weighted by Gasteiger charge is 2.30. The number of amides is 1. The molecule has 5 nitrogen and oxygen atoms in total. The normalized spacial score (nSPS) is 11.6. The van der Waals surface area contributed by atoms with E-state index in [1.807, 2.05) is 42.5 Å². The lowest BCUT2D eigenvalue weighted by Gasteiger charge is -2.15. The van der Waals surface area contributed by atoms with Crippen LogP contribution in [0.1, 0.15) is 15.9 Å². The van der Waals surface area contributed by atoms with Crippen molar-refractivity contribution in [2.24, 2.45) is 5.73 Å². The van der Waals surface area contributed by atoms with Gasteiger partial charge in [-0.2, -0.15) is 13.2 Å². The molecular weight excluding hydrogens is 441 g/mol. The van der Waals surface area contributed by atoms with Crippen molar-refractivity contribution in [3.8, 4) is 11.1 Å². The van der Waals surface area contributed by atoms with Gasteiger partial charge in [-0.1, -0.05) is 30.3 Å². The van der Waals surface area contributed by atoms with Gasteiger partial charge in [0.25, 0.3) is 5.91 Å². The van der Waals surface area contributed by atoms with Gasteiger partial charge in [-0.05, 0) is 48.0 Å². The minimum atomic E-state index is -4.50. The number of nitrogens with two attached hydrogens (primary N) is 1. The van der Waals surface area contributed by atoms with E-state index >= 15 is 0 Å². The zero-order chi connectivity index (χ0) is 23.9. The fourth-order valence-electron chi connectivity index (χ4n) is 3.84. The van der Waals surface area contributed by atoms with Crippen molar-refractivity contribution >= 4 is 39.1 Å². The summed E-state index contributed by atoms with van der Waals surface area (Å²) in [4.78, 5) is 20.9. The van der Waals surface area contributed by atoms with Gasteiger partial charge in [0.15, 0.2) is 0 Å². The smallest absolute Gasteiger partial charge is 0.365 e. The van der Waals surface area contributed by atoms with Crippen molar-refractivity contribution < 1.29 is 18.0 Å². The van der Waals surface area contributed by atoms with Crippen LogP contribution in [-0.2, 0) is 6.18 Å². The summed E-state index contributed by atoms with van der Waals surface area (Å²) >= 11 is 0. The first-order chi connectivity index (χ1) is 16.3. The molecule has 3 N–H and O–H groups in total. The van der Waals surface area contributed by atoms with Crippen molar-refractivity contribution in [2.45, 2.75) is 6.18 Å². The summed E-state index contributed by atoms with van der Waals surface area (Å²) in [6.07, 6.45) is -1.44. The second-order valence-corrected chi connectivity index (χ2v) is 7.76. The number of nitrogens with one attached hydrogen (secondary N) is 1. The number of halogens is 3. The van der Waals surface area contributed by atoms with Crippen molar-refractivity contribution in [2.75, 3.05) is 5.32 Å². The summed E-state index contributed by atoms with van der Waals surface area (Å²) in [5, 5.41) is 4.47. The van der Waals surface area contributed by atoms with Gasteiger partial charge in [-0.25, -0.2) is 0 Å². The SMILES string of the molecule is NC(=O)c1cnc2ccc(-c3cnc4ccccc4c3)cc2c1Nc1cccc(C(F)(F)F)c1. The molecule has 168 valence electrons. The minimum absolute atomic E-state index is 0.0682. The van der Waals surface area contributed by atoms with Crippen LogP contribution in [0.15, 0.2) is 85.2 Å². The maximum Gasteiger partial charge on any atom is 0.416 e. The molecular formula is C26H17F3N4O. The van der Waals surface area contributed by atoms with Crippen molar-refractivity contribution in [3.05, 3.63) is 96.3 Å². The van der Waals surface area contributed by atoms with Crippen LogP contribution in [0.2, 0.25) is 0 Å². The predicted octanol–water partition coefficient (Wildman–Crippen LogP) is 6.31. The predicted molar refractivity (Wildman–Crippen MR) is 126 cm³/mol. The molecule has 5 aromatic rings. The van der Waals surface area contributed by atoms with Crippen LogP contribution in [0.4, 0.5) is 24.5 Å². The molecule has 0 bridgehead atoms. The summed E-state index contributed by atoms with van der Waals surface area (Å²) in [6, 6.07) is 19.9. The molecule has 34 heavy (non-hydrogen) atoms. The number of nitrogens with zero attached hydrogens (tertiary/aromatic N) is 2. The van der Waals surface area contributed by atoms with Crippen LogP contribution in [0.3, 0.4) is 0 Å². The molecule has 0 atom stereocenters. The molecule has 0 fully saturated rings. The average molecular weight is 458 g/mol. The van der Waals surface area contributed by atoms with Gasteiger partial charge < -0.3 is 11.1 Å². The third kappa shape index (κ3) is 4.01. The number of pyridine rings is 2. The number of para-hydroxylation sites is 1. The molecule has 0 aliphatic heterocycles. The van der Waals surface area contributed by atoms with E-state index in [1.165, 1.54) is 18.3 Å². The van der Waals surface area contributed by atoms with E-state index in [0.29, 0.717) is 10.9 Å². The molecule has 2 heterocycles. The van der Waals surface area contributed by atoms with E-state index in [2.05, 4.69) is 15.3 Å². The van der Waals surface area contributed by atoms with E-state index < -0.39 is 17.6 Å². The number of benzene rings is 3. The number of carbonyl (C=O) groups is 1. The molecule has 0 spiro atoms. The number of hydrogen-bond acceptors (Lipinski definition) is 4. The Morgan fingerprint density at radius 3 is 2.41 bits per heavy atom. The Morgan fingerprint density at radius 2 is 1.62 bits per heavy atom. The van der Waals surface area contributed by atoms with Gasteiger partial charge in [0.1, 0.15) is 0 Å². The molecule has 8 heteroatoms. The molecule has 2 aromatic heterocycles.